The third-order valence-electron chi connectivity index (χ3n) is 11.9. The van der Waals surface area contributed by atoms with E-state index in [1.165, 1.54) is 32.7 Å². The van der Waals surface area contributed by atoms with Crippen molar-refractivity contribution < 1.29 is 10.2 Å². The van der Waals surface area contributed by atoms with Gasteiger partial charge in [0, 0.05) is 10.8 Å². The topological polar surface area (TPSA) is 40.5 Å². The summed E-state index contributed by atoms with van der Waals surface area (Å²) in [4.78, 5) is 0. The largest absolute Gasteiger partial charge is 0.507 e. The van der Waals surface area contributed by atoms with Crippen LogP contribution >= 0.6 is 0 Å². The molecule has 0 spiro atoms. The van der Waals surface area contributed by atoms with E-state index in [4.69, 9.17) is 0 Å². The number of rotatable bonds is 4. The van der Waals surface area contributed by atoms with Crippen LogP contribution in [0.3, 0.4) is 0 Å². The van der Waals surface area contributed by atoms with Gasteiger partial charge in [0.2, 0.25) is 0 Å². The van der Waals surface area contributed by atoms with E-state index in [0.717, 1.165) is 66.1 Å². The first-order valence-electron chi connectivity index (χ1n) is 18.8. The highest BCUT2D eigenvalue weighted by Gasteiger charge is 2.48. The van der Waals surface area contributed by atoms with E-state index in [2.05, 4.69) is 158 Å². The molecule has 258 valence electrons. The van der Waals surface area contributed by atoms with E-state index in [-0.39, 0.29) is 11.5 Å². The van der Waals surface area contributed by atoms with Crippen LogP contribution in [0.5, 0.6) is 11.5 Å². The molecule has 2 heteroatoms. The van der Waals surface area contributed by atoms with Crippen molar-refractivity contribution in [3.63, 3.8) is 0 Å². The minimum absolute atomic E-state index is 0.248. The molecule has 1 aliphatic carbocycles. The van der Waals surface area contributed by atoms with Crippen LogP contribution in [0.2, 0.25) is 0 Å². The molecule has 2 nitrogen and oxygen atoms in total. The molecule has 1 aliphatic rings. The van der Waals surface area contributed by atoms with Crippen LogP contribution in [0.1, 0.15) is 22.3 Å². The molecular formula is C53H34O2. The molecule has 0 radical (unpaired) electrons. The highest BCUT2D eigenvalue weighted by atomic mass is 16.3. The summed E-state index contributed by atoms with van der Waals surface area (Å²) in [5.74, 6) is 0.497. The fraction of sp³-hybridized carbons (Fsp3) is 0.0189. The highest BCUT2D eigenvalue weighted by Crippen LogP contribution is 2.60. The number of aromatic hydroxyl groups is 2. The van der Waals surface area contributed by atoms with Crippen LogP contribution in [0, 0.1) is 0 Å². The van der Waals surface area contributed by atoms with Gasteiger partial charge in [-0.25, -0.2) is 0 Å². The second kappa shape index (κ2) is 11.9. The first-order valence-corrected chi connectivity index (χ1v) is 18.8. The Bertz CT molecular complexity index is 2970. The van der Waals surface area contributed by atoms with E-state index in [9.17, 15) is 10.2 Å². The lowest BCUT2D eigenvalue weighted by molar-refractivity contribution is 0.481. The summed E-state index contributed by atoms with van der Waals surface area (Å²) in [5.41, 5.74) is 10.5. The maximum Gasteiger partial charge on any atom is 0.123 e. The molecule has 2 N–H and O–H groups in total. The van der Waals surface area contributed by atoms with E-state index in [1.807, 2.05) is 36.4 Å². The number of fused-ring (bicyclic) bond motifs is 7. The third kappa shape index (κ3) is 4.62. The van der Waals surface area contributed by atoms with Gasteiger partial charge in [-0.1, -0.05) is 158 Å². The number of phenolic OH excluding ortho intramolecular Hbond substituents is 2. The van der Waals surface area contributed by atoms with Crippen molar-refractivity contribution in [1.29, 1.82) is 0 Å². The van der Waals surface area contributed by atoms with Crippen LogP contribution in [0.25, 0.3) is 76.5 Å². The van der Waals surface area contributed by atoms with Gasteiger partial charge in [-0.05, 0) is 124 Å². The molecule has 55 heavy (non-hydrogen) atoms. The minimum atomic E-state index is -0.842. The molecule has 10 aromatic rings. The predicted molar refractivity (Wildman–Crippen MR) is 228 cm³/mol. The highest BCUT2D eigenvalue weighted by molar-refractivity contribution is 6.02. The summed E-state index contributed by atoms with van der Waals surface area (Å²) >= 11 is 0. The fourth-order valence-corrected chi connectivity index (χ4v) is 9.37. The molecule has 0 atom stereocenters. The van der Waals surface area contributed by atoms with Gasteiger partial charge >= 0.3 is 0 Å². The Morgan fingerprint density at radius 1 is 0.273 bits per heavy atom. The normalized spacial score (nSPS) is 13.0. The molecule has 0 bridgehead atoms. The van der Waals surface area contributed by atoms with E-state index in [0.29, 0.717) is 0 Å². The summed E-state index contributed by atoms with van der Waals surface area (Å²) < 4.78 is 0. The summed E-state index contributed by atoms with van der Waals surface area (Å²) in [6.07, 6.45) is 0. The standard InChI is InChI=1S/C53H34O2/c54-51-27-25-47(41-13-5-7-15-45(41)51)53(48-26-28-52(55)46-16-8-6-14-42(46)48)49-31-39(37-19-17-33-9-1-3-11-35(33)29-37)21-23-43(49)44-24-22-40(32-50(44)53)38-20-18-34-10-2-4-12-36(34)30-38/h1-32,54-55H. The maximum absolute atomic E-state index is 11.3. The van der Waals surface area contributed by atoms with Crippen molar-refractivity contribution in [3.8, 4) is 44.9 Å². The van der Waals surface area contributed by atoms with Crippen molar-refractivity contribution in [2.24, 2.45) is 0 Å². The molecule has 0 aliphatic heterocycles. The van der Waals surface area contributed by atoms with E-state index < -0.39 is 5.41 Å². The van der Waals surface area contributed by atoms with Crippen LogP contribution < -0.4 is 0 Å². The Kier molecular flexibility index (Phi) is 6.80. The Labute approximate surface area is 318 Å². The molecule has 0 fully saturated rings. The lowest BCUT2D eigenvalue weighted by atomic mass is 9.65. The summed E-state index contributed by atoms with van der Waals surface area (Å²) in [6.45, 7) is 0. The second-order valence-electron chi connectivity index (χ2n) is 14.8. The maximum atomic E-state index is 11.3. The molecule has 0 amide bonds. The summed E-state index contributed by atoms with van der Waals surface area (Å²) in [7, 11) is 0. The van der Waals surface area contributed by atoms with Crippen LogP contribution in [-0.2, 0) is 5.41 Å². The molecule has 10 aromatic carbocycles. The lowest BCUT2D eigenvalue weighted by Crippen LogP contribution is -2.29. The quantitative estimate of drug-likeness (QED) is 0.192. The molecule has 0 aromatic heterocycles. The van der Waals surface area contributed by atoms with Crippen molar-refractivity contribution in [2.75, 3.05) is 0 Å². The zero-order valence-electron chi connectivity index (χ0n) is 29.9. The second-order valence-corrected chi connectivity index (χ2v) is 14.8. The lowest BCUT2D eigenvalue weighted by Gasteiger charge is -2.36. The number of hydrogen-bond acceptors (Lipinski definition) is 2. The number of hydrogen-bond donors (Lipinski definition) is 2. The number of benzene rings is 10. The van der Waals surface area contributed by atoms with Gasteiger partial charge in [0.15, 0.2) is 0 Å². The minimum Gasteiger partial charge on any atom is -0.507 e. The molecular weight excluding hydrogens is 669 g/mol. The van der Waals surface area contributed by atoms with Gasteiger partial charge in [-0.2, -0.15) is 0 Å². The van der Waals surface area contributed by atoms with Gasteiger partial charge < -0.3 is 10.2 Å². The average molecular weight is 703 g/mol. The fourth-order valence-electron chi connectivity index (χ4n) is 9.37. The average Bonchev–Trinajstić information content (AvgIpc) is 3.53. The molecule has 0 saturated heterocycles. The van der Waals surface area contributed by atoms with Gasteiger partial charge in [-0.3, -0.25) is 0 Å². The van der Waals surface area contributed by atoms with Crippen LogP contribution in [0.15, 0.2) is 194 Å². The first kappa shape index (κ1) is 31.4. The van der Waals surface area contributed by atoms with E-state index in [1.54, 1.807) is 0 Å². The summed E-state index contributed by atoms with van der Waals surface area (Å²) in [6, 6.07) is 68.6. The predicted octanol–water partition coefficient (Wildman–Crippen LogP) is 13.4. The smallest absolute Gasteiger partial charge is 0.123 e. The zero-order valence-corrected chi connectivity index (χ0v) is 29.9. The molecule has 0 saturated carbocycles. The van der Waals surface area contributed by atoms with E-state index >= 15 is 0 Å². The molecule has 0 unspecified atom stereocenters. The van der Waals surface area contributed by atoms with Gasteiger partial charge in [0.05, 0.1) is 5.41 Å². The van der Waals surface area contributed by atoms with Crippen molar-refractivity contribution in [3.05, 3.63) is 216 Å². The SMILES string of the molecule is Oc1ccc(C2(c3ccc(O)c4ccccc34)c3cc(-c4ccc5ccccc5c4)ccc3-c3ccc(-c4ccc5ccccc5c4)cc32)c2ccccc12. The third-order valence-corrected chi connectivity index (χ3v) is 11.9. The van der Waals surface area contributed by atoms with Gasteiger partial charge in [0.25, 0.3) is 0 Å². The van der Waals surface area contributed by atoms with Gasteiger partial charge in [-0.15, -0.1) is 0 Å². The molecule has 0 heterocycles. The van der Waals surface area contributed by atoms with Crippen LogP contribution in [-0.4, -0.2) is 10.2 Å². The monoisotopic (exact) mass is 702 g/mol. The first-order chi connectivity index (χ1) is 27.1. The number of phenols is 2. The Balaban J connectivity index is 1.29. The van der Waals surface area contributed by atoms with Gasteiger partial charge in [0.1, 0.15) is 11.5 Å². The Morgan fingerprint density at radius 3 is 1.09 bits per heavy atom. The Hall–Kier alpha value is -7.16. The molecule has 11 rings (SSSR count). The van der Waals surface area contributed by atoms with Crippen molar-refractivity contribution >= 4 is 43.1 Å². The Morgan fingerprint density at radius 2 is 0.636 bits per heavy atom. The van der Waals surface area contributed by atoms with Crippen LogP contribution in [0.4, 0.5) is 0 Å². The summed E-state index contributed by atoms with van der Waals surface area (Å²) in [5, 5.41) is 31.0. The zero-order chi connectivity index (χ0) is 36.7. The van der Waals surface area contributed by atoms with Crippen molar-refractivity contribution in [2.45, 2.75) is 5.41 Å². The van der Waals surface area contributed by atoms with Crippen molar-refractivity contribution in [1.82, 2.24) is 0 Å².